The van der Waals surface area contributed by atoms with Crippen molar-refractivity contribution in [1.82, 2.24) is 4.90 Å². The van der Waals surface area contributed by atoms with Crippen LogP contribution in [0.3, 0.4) is 0 Å². The first-order chi connectivity index (χ1) is 10.7. The minimum Gasteiger partial charge on any atom is -0.481 e. The Kier molecular flexibility index (Phi) is 3.84. The molecule has 3 rings (SSSR count). The van der Waals surface area contributed by atoms with Crippen LogP contribution in [0.2, 0.25) is 0 Å². The van der Waals surface area contributed by atoms with E-state index in [0.29, 0.717) is 6.54 Å². The molecule has 23 heavy (non-hydrogen) atoms. The van der Waals surface area contributed by atoms with Crippen LogP contribution in [-0.2, 0) is 22.3 Å². The number of hydrogen-bond acceptors (Lipinski definition) is 3. The summed E-state index contributed by atoms with van der Waals surface area (Å²) in [6.07, 6.45) is -4.79. The van der Waals surface area contributed by atoms with Crippen LogP contribution < -0.4 is 0 Å². The van der Waals surface area contributed by atoms with Crippen LogP contribution in [0.1, 0.15) is 11.1 Å². The summed E-state index contributed by atoms with van der Waals surface area (Å²) >= 11 is 0. The Labute approximate surface area is 129 Å². The molecule has 8 heteroatoms. The number of rotatable bonds is 3. The van der Waals surface area contributed by atoms with Crippen LogP contribution in [0.5, 0.6) is 0 Å². The fourth-order valence-electron chi connectivity index (χ4n) is 3.52. The monoisotopic (exact) mass is 333 g/mol. The minimum atomic E-state index is -4.79. The van der Waals surface area contributed by atoms with Crippen molar-refractivity contribution in [2.24, 2.45) is 11.3 Å². The average Bonchev–Trinajstić information content (AvgIpc) is 2.94. The van der Waals surface area contributed by atoms with E-state index < -0.39 is 28.9 Å². The number of benzene rings is 1. The second-order valence-electron chi connectivity index (χ2n) is 6.11. The van der Waals surface area contributed by atoms with Crippen molar-refractivity contribution in [3.05, 3.63) is 35.1 Å². The van der Waals surface area contributed by atoms with Gasteiger partial charge >= 0.3 is 12.1 Å². The Morgan fingerprint density at radius 1 is 1.43 bits per heavy atom. The van der Waals surface area contributed by atoms with Crippen molar-refractivity contribution in [3.8, 4) is 0 Å². The lowest BCUT2D eigenvalue weighted by Crippen LogP contribution is -2.39. The fraction of sp³-hybridized carbons (Fsp3) is 0.533. The molecule has 2 atom stereocenters. The highest BCUT2D eigenvalue weighted by molar-refractivity contribution is 5.76. The summed E-state index contributed by atoms with van der Waals surface area (Å²) in [5, 5.41) is 9.44. The Hall–Kier alpha value is -1.67. The predicted octanol–water partition coefficient (Wildman–Crippen LogP) is 2.38. The van der Waals surface area contributed by atoms with Crippen LogP contribution in [0.4, 0.5) is 17.6 Å². The highest BCUT2D eigenvalue weighted by Crippen LogP contribution is 2.43. The normalized spacial score (nSPS) is 28.1. The van der Waals surface area contributed by atoms with Gasteiger partial charge in [0.15, 0.2) is 0 Å². The third kappa shape index (κ3) is 2.70. The summed E-state index contributed by atoms with van der Waals surface area (Å²) in [6.45, 7) is 0.607. The number of carboxylic acids is 1. The van der Waals surface area contributed by atoms with Crippen LogP contribution in [0, 0.1) is 17.2 Å². The van der Waals surface area contributed by atoms with Gasteiger partial charge in [-0.25, -0.2) is 4.39 Å². The van der Waals surface area contributed by atoms with Crippen LogP contribution in [-0.4, -0.2) is 42.3 Å². The summed E-state index contributed by atoms with van der Waals surface area (Å²) in [7, 11) is 0. The van der Waals surface area contributed by atoms with Gasteiger partial charge in [0, 0.05) is 25.6 Å². The largest absolute Gasteiger partial charge is 0.481 e. The maximum absolute atomic E-state index is 13.6. The van der Waals surface area contributed by atoms with E-state index in [4.69, 9.17) is 4.74 Å². The Balaban J connectivity index is 1.85. The molecule has 2 saturated heterocycles. The molecule has 1 aromatic carbocycles. The van der Waals surface area contributed by atoms with Gasteiger partial charge in [-0.1, -0.05) is 12.1 Å². The topological polar surface area (TPSA) is 49.8 Å². The second kappa shape index (κ2) is 5.45. The Morgan fingerprint density at radius 3 is 2.78 bits per heavy atom. The molecule has 0 amide bonds. The molecule has 0 unspecified atom stereocenters. The molecule has 1 aromatic rings. The van der Waals surface area contributed by atoms with E-state index in [1.807, 2.05) is 0 Å². The summed E-state index contributed by atoms with van der Waals surface area (Å²) in [5.41, 5.74) is -2.54. The number of hydrogen-bond donors (Lipinski definition) is 1. The number of likely N-dealkylation sites (tertiary alicyclic amines) is 1. The number of alkyl halides is 3. The lowest BCUT2D eigenvalue weighted by Gasteiger charge is -2.23. The molecule has 1 N–H and O–H groups in total. The van der Waals surface area contributed by atoms with E-state index in [1.54, 1.807) is 4.90 Å². The van der Waals surface area contributed by atoms with Crippen molar-refractivity contribution < 1.29 is 32.2 Å². The van der Waals surface area contributed by atoms with Crippen molar-refractivity contribution in [3.63, 3.8) is 0 Å². The molecule has 0 aliphatic carbocycles. The molecule has 2 heterocycles. The molecule has 2 fully saturated rings. The lowest BCUT2D eigenvalue weighted by atomic mass is 9.81. The van der Waals surface area contributed by atoms with Crippen molar-refractivity contribution in [2.75, 3.05) is 26.3 Å². The number of ether oxygens (including phenoxy) is 1. The van der Waals surface area contributed by atoms with E-state index in [0.717, 1.165) is 6.07 Å². The molecular formula is C15H15F4NO3. The van der Waals surface area contributed by atoms with Gasteiger partial charge in [0.2, 0.25) is 0 Å². The molecule has 4 nitrogen and oxygen atoms in total. The third-order valence-electron chi connectivity index (χ3n) is 4.65. The highest BCUT2D eigenvalue weighted by atomic mass is 19.4. The summed E-state index contributed by atoms with van der Waals surface area (Å²) in [6, 6.07) is 3.23. The van der Waals surface area contributed by atoms with E-state index in [2.05, 4.69) is 0 Å². The van der Waals surface area contributed by atoms with E-state index >= 15 is 0 Å². The zero-order valence-electron chi connectivity index (χ0n) is 12.1. The number of fused-ring (bicyclic) bond motifs is 1. The molecule has 0 aromatic heterocycles. The number of aliphatic carboxylic acids is 1. The van der Waals surface area contributed by atoms with Gasteiger partial charge in [-0.15, -0.1) is 0 Å². The summed E-state index contributed by atoms with van der Waals surface area (Å²) in [5.74, 6) is -2.58. The molecular weight excluding hydrogens is 318 g/mol. The van der Waals surface area contributed by atoms with Crippen LogP contribution in [0.15, 0.2) is 18.2 Å². The minimum absolute atomic E-state index is 0.0543. The first-order valence-corrected chi connectivity index (χ1v) is 7.12. The van der Waals surface area contributed by atoms with Crippen molar-refractivity contribution in [1.29, 1.82) is 0 Å². The van der Waals surface area contributed by atoms with E-state index in [9.17, 15) is 27.5 Å². The smallest absolute Gasteiger partial charge is 0.419 e. The number of carbonyl (C=O) groups is 1. The molecule has 0 saturated carbocycles. The standard InChI is InChI=1S/C15H15F4NO3/c16-11-3-1-2-9(12(11)15(17,18)19)4-20-5-10-6-23-8-14(10,7-20)13(21)22/h1-3,10H,4-8H2,(H,21,22)/t10-,14-/m1/s1. The molecule has 0 bridgehead atoms. The fourth-order valence-corrected chi connectivity index (χ4v) is 3.52. The zero-order chi connectivity index (χ0) is 16.8. The third-order valence-corrected chi connectivity index (χ3v) is 4.65. The van der Waals surface area contributed by atoms with Gasteiger partial charge in [0.1, 0.15) is 11.2 Å². The van der Waals surface area contributed by atoms with Gasteiger partial charge in [-0.3, -0.25) is 9.69 Å². The van der Waals surface area contributed by atoms with E-state index in [1.165, 1.54) is 12.1 Å². The van der Waals surface area contributed by atoms with Gasteiger partial charge in [-0.2, -0.15) is 13.2 Å². The van der Waals surface area contributed by atoms with Crippen molar-refractivity contribution in [2.45, 2.75) is 12.7 Å². The van der Waals surface area contributed by atoms with Crippen molar-refractivity contribution >= 4 is 5.97 Å². The van der Waals surface area contributed by atoms with Gasteiger partial charge in [0.25, 0.3) is 0 Å². The molecule has 126 valence electrons. The first-order valence-electron chi connectivity index (χ1n) is 7.12. The van der Waals surface area contributed by atoms with E-state index in [-0.39, 0.29) is 37.8 Å². The quantitative estimate of drug-likeness (QED) is 0.863. The molecule has 0 radical (unpaired) electrons. The predicted molar refractivity (Wildman–Crippen MR) is 71.1 cm³/mol. The summed E-state index contributed by atoms with van der Waals surface area (Å²) in [4.78, 5) is 13.2. The highest BCUT2D eigenvalue weighted by Gasteiger charge is 2.56. The Morgan fingerprint density at radius 2 is 2.17 bits per heavy atom. The van der Waals surface area contributed by atoms with Gasteiger partial charge in [-0.05, 0) is 11.6 Å². The molecule has 2 aliphatic heterocycles. The second-order valence-corrected chi connectivity index (χ2v) is 6.11. The number of nitrogens with zero attached hydrogens (tertiary/aromatic N) is 1. The zero-order valence-corrected chi connectivity index (χ0v) is 12.1. The maximum Gasteiger partial charge on any atom is 0.419 e. The first kappa shape index (κ1) is 16.2. The Bertz CT molecular complexity index is 634. The maximum atomic E-state index is 13.6. The lowest BCUT2D eigenvalue weighted by molar-refractivity contribution is -0.149. The molecule has 0 spiro atoms. The number of carboxylic acid groups (broad SMARTS) is 1. The van der Waals surface area contributed by atoms with Crippen LogP contribution in [0.25, 0.3) is 0 Å². The average molecular weight is 333 g/mol. The SMILES string of the molecule is O=C(O)[C@]12COC[C@H]1CN(Cc1cccc(F)c1C(F)(F)F)C2. The van der Waals surface area contributed by atoms with Gasteiger partial charge in [0.05, 0.1) is 18.8 Å². The number of halogens is 4. The van der Waals surface area contributed by atoms with Crippen LogP contribution >= 0.6 is 0 Å². The van der Waals surface area contributed by atoms with Gasteiger partial charge < -0.3 is 9.84 Å². The molecule has 2 aliphatic rings. The summed E-state index contributed by atoms with van der Waals surface area (Å²) < 4.78 is 58.0.